The number of aromatic amines is 2. The number of nitrogens with zero attached hydrogens (tertiary/aromatic N) is 2. The van der Waals surface area contributed by atoms with E-state index in [2.05, 4.69) is 21.0 Å². The van der Waals surface area contributed by atoms with Crippen molar-refractivity contribution in [2.75, 3.05) is 0 Å². The summed E-state index contributed by atoms with van der Waals surface area (Å²) in [6.45, 7) is 0.214. The highest BCUT2D eigenvalue weighted by molar-refractivity contribution is 5.87. The van der Waals surface area contributed by atoms with Crippen molar-refractivity contribution in [2.45, 2.75) is 51.1 Å². The third-order valence-corrected chi connectivity index (χ3v) is 6.01. The van der Waals surface area contributed by atoms with Crippen LogP contribution in [0.4, 0.5) is 0 Å². The van der Waals surface area contributed by atoms with Gasteiger partial charge in [-0.15, -0.1) is 0 Å². The maximum absolute atomic E-state index is 12.3. The van der Waals surface area contributed by atoms with Crippen molar-refractivity contribution >= 4 is 23.1 Å². The minimum atomic E-state index is -1.17. The van der Waals surface area contributed by atoms with Gasteiger partial charge in [-0.2, -0.15) is 0 Å². The highest BCUT2D eigenvalue weighted by Gasteiger charge is 2.20. The molecule has 9 nitrogen and oxygen atoms in total. The normalized spacial score (nSPS) is 15.1. The van der Waals surface area contributed by atoms with Gasteiger partial charge in [-0.05, 0) is 43.7 Å². The number of hydrogen-bond donors (Lipinski definition) is 4. The predicted octanol–water partition coefficient (Wildman–Crippen LogP) is 2.73. The van der Waals surface area contributed by atoms with Crippen molar-refractivity contribution in [3.05, 3.63) is 74.1 Å². The fraction of sp³-hybridized carbons (Fsp3) is 0.333. The second-order valence-electron chi connectivity index (χ2n) is 8.20. The molecule has 2 aromatic heterocycles. The second kappa shape index (κ2) is 9.72. The molecule has 2 heterocycles. The average Bonchev–Trinajstić information content (AvgIpc) is 3.21. The van der Waals surface area contributed by atoms with Crippen LogP contribution in [0.15, 0.2) is 56.7 Å². The maximum Gasteiger partial charge on any atom is 0.331 e. The van der Waals surface area contributed by atoms with Gasteiger partial charge in [-0.1, -0.05) is 29.8 Å². The summed E-state index contributed by atoms with van der Waals surface area (Å²) in [5.41, 5.74) is 1.12. The zero-order valence-electron chi connectivity index (χ0n) is 18.1. The fourth-order valence-electron chi connectivity index (χ4n) is 4.16. The van der Waals surface area contributed by atoms with E-state index in [0.717, 1.165) is 52.9 Å². The van der Waals surface area contributed by atoms with Crippen LogP contribution in [-0.4, -0.2) is 43.0 Å². The SMILES string of the molecule is O=C(O)C(Cc1c[nH]c2ccccc12)N=Cc1c(O)n(CCC2=CCCCC2)c(=O)[nH]c1=O. The minimum absolute atomic E-state index is 0.0995. The third kappa shape index (κ3) is 4.97. The maximum atomic E-state index is 12.3. The van der Waals surface area contributed by atoms with Crippen LogP contribution in [0.2, 0.25) is 0 Å². The summed E-state index contributed by atoms with van der Waals surface area (Å²) in [7, 11) is 0. The Bertz CT molecular complexity index is 1340. The Morgan fingerprint density at radius 3 is 2.82 bits per heavy atom. The smallest absolute Gasteiger partial charge is 0.331 e. The molecule has 3 aromatic rings. The average molecular weight is 450 g/mol. The molecule has 1 aromatic carbocycles. The van der Waals surface area contributed by atoms with Crippen molar-refractivity contribution < 1.29 is 15.0 Å². The van der Waals surface area contributed by atoms with Gasteiger partial charge < -0.3 is 15.2 Å². The molecule has 0 fully saturated rings. The molecule has 0 bridgehead atoms. The van der Waals surface area contributed by atoms with Gasteiger partial charge in [0.2, 0.25) is 5.88 Å². The fourth-order valence-corrected chi connectivity index (χ4v) is 4.16. The summed E-state index contributed by atoms with van der Waals surface area (Å²) in [4.78, 5) is 45.7. The standard InChI is InChI=1S/C24H26N4O5/c29-21-18(22(30)28(24(33)27-21)11-10-15-6-2-1-3-7-15)14-26-20(23(31)32)12-16-13-25-19-9-5-4-8-17(16)19/h4-6,8-9,13-14,20,25,30H,1-3,7,10-12H2,(H,31,32)(H,27,29,33). The number of allylic oxidation sites excluding steroid dienone is 2. The molecule has 0 saturated carbocycles. The molecule has 4 rings (SSSR count). The number of aliphatic imine (C=N–C) groups is 1. The molecule has 0 aliphatic heterocycles. The van der Waals surface area contributed by atoms with Crippen molar-refractivity contribution in [2.24, 2.45) is 4.99 Å². The highest BCUT2D eigenvalue weighted by atomic mass is 16.4. The van der Waals surface area contributed by atoms with Crippen LogP contribution in [0.25, 0.3) is 10.9 Å². The molecular weight excluding hydrogens is 424 g/mol. The first-order chi connectivity index (χ1) is 15.9. The predicted molar refractivity (Wildman–Crippen MR) is 125 cm³/mol. The van der Waals surface area contributed by atoms with Gasteiger partial charge in [0.05, 0.1) is 0 Å². The van der Waals surface area contributed by atoms with Gasteiger partial charge in [0.1, 0.15) is 5.56 Å². The van der Waals surface area contributed by atoms with Crippen LogP contribution in [0, 0.1) is 0 Å². The topological polar surface area (TPSA) is 141 Å². The van der Waals surface area contributed by atoms with Crippen LogP contribution in [0.3, 0.4) is 0 Å². The Morgan fingerprint density at radius 1 is 1.24 bits per heavy atom. The Kier molecular flexibility index (Phi) is 6.58. The number of carboxylic acids is 1. The number of aromatic nitrogens is 3. The number of H-pyrrole nitrogens is 2. The summed E-state index contributed by atoms with van der Waals surface area (Å²) >= 11 is 0. The molecule has 1 aliphatic carbocycles. The summed E-state index contributed by atoms with van der Waals surface area (Å²) in [5.74, 6) is -1.68. The zero-order valence-corrected chi connectivity index (χ0v) is 18.1. The number of para-hydroxylation sites is 1. The van der Waals surface area contributed by atoms with E-state index in [9.17, 15) is 24.6 Å². The number of nitrogens with one attached hydrogen (secondary N) is 2. The number of benzene rings is 1. The lowest BCUT2D eigenvalue weighted by molar-refractivity contribution is -0.138. The Hall–Kier alpha value is -3.88. The first-order valence-corrected chi connectivity index (χ1v) is 11.0. The lowest BCUT2D eigenvalue weighted by atomic mass is 9.97. The largest absolute Gasteiger partial charge is 0.494 e. The molecule has 9 heteroatoms. The van der Waals surface area contributed by atoms with E-state index in [1.165, 1.54) is 5.57 Å². The minimum Gasteiger partial charge on any atom is -0.494 e. The molecule has 33 heavy (non-hydrogen) atoms. The van der Waals surface area contributed by atoms with Gasteiger partial charge in [-0.25, -0.2) is 9.59 Å². The van der Waals surface area contributed by atoms with Crippen molar-refractivity contribution in [3.8, 4) is 5.88 Å². The Morgan fingerprint density at radius 2 is 2.06 bits per heavy atom. The number of carbonyl (C=O) groups is 1. The van der Waals surface area contributed by atoms with Crippen LogP contribution in [-0.2, 0) is 17.8 Å². The summed E-state index contributed by atoms with van der Waals surface area (Å²) in [6.07, 6.45) is 9.84. The molecule has 0 saturated heterocycles. The summed E-state index contributed by atoms with van der Waals surface area (Å²) in [6, 6.07) is 6.35. The lowest BCUT2D eigenvalue weighted by Gasteiger charge is -2.14. The summed E-state index contributed by atoms with van der Waals surface area (Å²) < 4.78 is 1.09. The Labute approximate surface area is 189 Å². The highest BCUT2D eigenvalue weighted by Crippen LogP contribution is 2.22. The van der Waals surface area contributed by atoms with Crippen molar-refractivity contribution in [1.82, 2.24) is 14.5 Å². The van der Waals surface area contributed by atoms with Gasteiger partial charge >= 0.3 is 11.7 Å². The van der Waals surface area contributed by atoms with Crippen LogP contribution in [0.5, 0.6) is 5.88 Å². The van der Waals surface area contributed by atoms with E-state index in [-0.39, 0.29) is 18.5 Å². The van der Waals surface area contributed by atoms with Crippen LogP contribution >= 0.6 is 0 Å². The van der Waals surface area contributed by atoms with Gasteiger partial charge in [0, 0.05) is 36.3 Å². The third-order valence-electron chi connectivity index (χ3n) is 6.01. The van der Waals surface area contributed by atoms with E-state index >= 15 is 0 Å². The van der Waals surface area contributed by atoms with Crippen molar-refractivity contribution in [1.29, 1.82) is 0 Å². The van der Waals surface area contributed by atoms with E-state index in [1.807, 2.05) is 24.3 Å². The lowest BCUT2D eigenvalue weighted by Crippen LogP contribution is -2.32. The van der Waals surface area contributed by atoms with Crippen LogP contribution < -0.4 is 11.2 Å². The molecule has 0 radical (unpaired) electrons. The number of hydrogen-bond acceptors (Lipinski definition) is 5. The van der Waals surface area contributed by atoms with Gasteiger partial charge in [0.15, 0.2) is 6.04 Å². The quantitative estimate of drug-likeness (QED) is 0.308. The molecule has 1 atom stereocenters. The molecule has 172 valence electrons. The molecule has 1 unspecified atom stereocenters. The van der Waals surface area contributed by atoms with E-state index < -0.39 is 29.1 Å². The molecular formula is C24H26N4O5. The number of aromatic hydroxyl groups is 1. The first kappa shape index (κ1) is 22.3. The van der Waals surface area contributed by atoms with E-state index in [1.54, 1.807) is 6.20 Å². The number of carboxylic acid groups (broad SMARTS) is 1. The number of fused-ring (bicyclic) bond motifs is 1. The van der Waals surface area contributed by atoms with Crippen LogP contribution in [0.1, 0.15) is 43.2 Å². The van der Waals surface area contributed by atoms with Crippen molar-refractivity contribution in [3.63, 3.8) is 0 Å². The second-order valence-corrected chi connectivity index (χ2v) is 8.20. The van der Waals surface area contributed by atoms with E-state index in [4.69, 9.17) is 0 Å². The van der Waals surface area contributed by atoms with Gasteiger partial charge in [-0.3, -0.25) is 19.3 Å². The zero-order chi connectivity index (χ0) is 23.4. The first-order valence-electron chi connectivity index (χ1n) is 11.0. The molecule has 0 amide bonds. The van der Waals surface area contributed by atoms with E-state index in [0.29, 0.717) is 6.42 Å². The molecule has 0 spiro atoms. The monoisotopic (exact) mass is 450 g/mol. The Balaban J connectivity index is 1.58. The summed E-state index contributed by atoms with van der Waals surface area (Å²) in [5, 5.41) is 21.2. The molecule has 1 aliphatic rings. The number of rotatable bonds is 8. The molecule has 4 N–H and O–H groups in total. The number of aliphatic carboxylic acids is 1. The van der Waals surface area contributed by atoms with Gasteiger partial charge in [0.25, 0.3) is 5.56 Å².